The molecule has 0 unspecified atom stereocenters. The fourth-order valence-corrected chi connectivity index (χ4v) is 2.43. The molecular weight excluding hydrogens is 291 g/mol. The van der Waals surface area contributed by atoms with E-state index in [1.807, 2.05) is 58.0 Å². The summed E-state index contributed by atoms with van der Waals surface area (Å²) < 4.78 is 17.5. The highest BCUT2D eigenvalue weighted by Gasteiger charge is 2.52. The van der Waals surface area contributed by atoms with Crippen molar-refractivity contribution < 1.29 is 14.0 Å². The molecule has 1 aromatic heterocycles. The Balaban J connectivity index is 1.96. The first-order valence-electron chi connectivity index (χ1n) is 7.66. The number of methoxy groups -OCH3 is 1. The lowest BCUT2D eigenvalue weighted by Crippen LogP contribution is -2.41. The van der Waals surface area contributed by atoms with Crippen LogP contribution in [0.15, 0.2) is 36.5 Å². The zero-order chi connectivity index (χ0) is 16.7. The summed E-state index contributed by atoms with van der Waals surface area (Å²) in [5.41, 5.74) is 0.758. The van der Waals surface area contributed by atoms with E-state index in [4.69, 9.17) is 14.0 Å². The molecule has 120 valence electrons. The van der Waals surface area contributed by atoms with E-state index in [1.165, 1.54) is 0 Å². The summed E-state index contributed by atoms with van der Waals surface area (Å²) in [4.78, 5) is 8.98. The van der Waals surface area contributed by atoms with Crippen LogP contribution in [0.2, 0.25) is 0 Å². The van der Waals surface area contributed by atoms with Crippen molar-refractivity contribution in [3.8, 4) is 17.1 Å². The van der Waals surface area contributed by atoms with Crippen LogP contribution in [0.1, 0.15) is 27.7 Å². The SMILES string of the molecule is COc1ccccc1-c1nccc(B2OC(C)(C)C(C)(C)O2)n1. The van der Waals surface area contributed by atoms with Gasteiger partial charge in [0.05, 0.1) is 29.5 Å². The van der Waals surface area contributed by atoms with Crippen LogP contribution in [0.3, 0.4) is 0 Å². The van der Waals surface area contributed by atoms with Crippen LogP contribution < -0.4 is 10.3 Å². The second-order valence-electron chi connectivity index (χ2n) is 6.59. The fourth-order valence-electron chi connectivity index (χ4n) is 2.43. The molecule has 6 heteroatoms. The van der Waals surface area contributed by atoms with Gasteiger partial charge in [-0.15, -0.1) is 0 Å². The molecule has 5 nitrogen and oxygen atoms in total. The van der Waals surface area contributed by atoms with E-state index >= 15 is 0 Å². The normalized spacial score (nSPS) is 18.9. The van der Waals surface area contributed by atoms with Gasteiger partial charge >= 0.3 is 7.12 Å². The molecule has 1 saturated heterocycles. The molecule has 1 aliphatic heterocycles. The maximum absolute atomic E-state index is 6.05. The van der Waals surface area contributed by atoms with E-state index in [9.17, 15) is 0 Å². The summed E-state index contributed by atoms with van der Waals surface area (Å²) in [5.74, 6) is 1.33. The van der Waals surface area contributed by atoms with E-state index < -0.39 is 18.3 Å². The van der Waals surface area contributed by atoms with Crippen LogP contribution in [0.25, 0.3) is 11.4 Å². The molecule has 0 N–H and O–H groups in total. The number of benzene rings is 1. The Kier molecular flexibility index (Phi) is 3.90. The number of hydrogen-bond acceptors (Lipinski definition) is 5. The number of aromatic nitrogens is 2. The van der Waals surface area contributed by atoms with Gasteiger partial charge < -0.3 is 14.0 Å². The van der Waals surface area contributed by atoms with Gasteiger partial charge in [0.15, 0.2) is 5.82 Å². The Morgan fingerprint density at radius 3 is 2.30 bits per heavy atom. The second kappa shape index (κ2) is 5.62. The first kappa shape index (κ1) is 16.0. The van der Waals surface area contributed by atoms with Crippen LogP contribution in [0.5, 0.6) is 5.75 Å². The second-order valence-corrected chi connectivity index (χ2v) is 6.59. The highest BCUT2D eigenvalue weighted by atomic mass is 16.7. The van der Waals surface area contributed by atoms with E-state index in [0.29, 0.717) is 11.4 Å². The maximum atomic E-state index is 6.05. The first-order valence-corrected chi connectivity index (χ1v) is 7.66. The van der Waals surface area contributed by atoms with Gasteiger partial charge in [0.2, 0.25) is 0 Å². The molecule has 2 heterocycles. The van der Waals surface area contributed by atoms with E-state index in [1.54, 1.807) is 13.3 Å². The molecule has 0 atom stereocenters. The summed E-state index contributed by atoms with van der Waals surface area (Å²) in [6.45, 7) is 8.09. The van der Waals surface area contributed by atoms with Crippen LogP contribution in [0.4, 0.5) is 0 Å². The quantitative estimate of drug-likeness (QED) is 0.815. The van der Waals surface area contributed by atoms with Gasteiger partial charge in [-0.3, -0.25) is 0 Å². The van der Waals surface area contributed by atoms with Crippen molar-refractivity contribution in [2.45, 2.75) is 38.9 Å². The molecule has 2 aromatic rings. The van der Waals surface area contributed by atoms with Crippen LogP contribution >= 0.6 is 0 Å². The standard InChI is InChI=1S/C17H21BN2O3/c1-16(2)17(3,4)23-18(22-16)14-10-11-19-15(20-14)12-8-6-7-9-13(12)21-5/h6-11H,1-5H3. The van der Waals surface area contributed by atoms with Crippen molar-refractivity contribution in [2.75, 3.05) is 7.11 Å². The molecule has 0 spiro atoms. The van der Waals surface area contributed by atoms with Gasteiger partial charge in [0.25, 0.3) is 0 Å². The van der Waals surface area contributed by atoms with Gasteiger partial charge in [-0.05, 0) is 45.9 Å². The predicted octanol–water partition coefficient (Wildman–Crippen LogP) is 2.45. The van der Waals surface area contributed by atoms with E-state index in [0.717, 1.165) is 11.3 Å². The van der Waals surface area contributed by atoms with Crippen LogP contribution in [-0.4, -0.2) is 35.4 Å². The Hall–Kier alpha value is -1.92. The zero-order valence-electron chi connectivity index (χ0n) is 14.2. The Morgan fingerprint density at radius 2 is 1.65 bits per heavy atom. The Morgan fingerprint density at radius 1 is 1.00 bits per heavy atom. The molecule has 1 aliphatic rings. The van der Waals surface area contributed by atoms with Gasteiger partial charge in [0, 0.05) is 6.20 Å². The lowest BCUT2D eigenvalue weighted by Gasteiger charge is -2.32. The molecule has 0 radical (unpaired) electrons. The number of ether oxygens (including phenoxy) is 1. The molecule has 0 aliphatic carbocycles. The third kappa shape index (κ3) is 2.84. The van der Waals surface area contributed by atoms with Crippen molar-refractivity contribution in [1.29, 1.82) is 0 Å². The van der Waals surface area contributed by atoms with Crippen LogP contribution in [-0.2, 0) is 9.31 Å². The minimum Gasteiger partial charge on any atom is -0.496 e. The van der Waals surface area contributed by atoms with Crippen molar-refractivity contribution in [1.82, 2.24) is 9.97 Å². The molecule has 0 amide bonds. The Labute approximate surface area is 137 Å². The predicted molar refractivity (Wildman–Crippen MR) is 89.7 cm³/mol. The largest absolute Gasteiger partial charge is 0.514 e. The molecule has 3 rings (SSSR count). The van der Waals surface area contributed by atoms with Crippen molar-refractivity contribution in [3.63, 3.8) is 0 Å². The monoisotopic (exact) mass is 312 g/mol. The first-order chi connectivity index (χ1) is 10.8. The number of nitrogens with zero attached hydrogens (tertiary/aromatic N) is 2. The van der Waals surface area contributed by atoms with Crippen molar-refractivity contribution in [3.05, 3.63) is 36.5 Å². The molecule has 0 bridgehead atoms. The summed E-state index contributed by atoms with van der Waals surface area (Å²) in [7, 11) is 1.13. The fraction of sp³-hybridized carbons (Fsp3) is 0.412. The van der Waals surface area contributed by atoms with Gasteiger partial charge in [-0.1, -0.05) is 12.1 Å². The lowest BCUT2D eigenvalue weighted by molar-refractivity contribution is 0.00578. The summed E-state index contributed by atoms with van der Waals surface area (Å²) in [6.07, 6.45) is 1.72. The molecule has 0 saturated carbocycles. The minimum absolute atomic E-state index is 0.396. The Bertz CT molecular complexity index is 702. The molecular formula is C17H21BN2O3. The third-order valence-corrected chi connectivity index (χ3v) is 4.52. The summed E-state index contributed by atoms with van der Waals surface area (Å²) in [6, 6.07) is 9.49. The van der Waals surface area contributed by atoms with Crippen molar-refractivity contribution >= 4 is 12.7 Å². The highest BCUT2D eigenvalue weighted by Crippen LogP contribution is 2.36. The van der Waals surface area contributed by atoms with Gasteiger partial charge in [-0.25, -0.2) is 9.97 Å². The average molecular weight is 312 g/mol. The molecule has 23 heavy (non-hydrogen) atoms. The summed E-state index contributed by atoms with van der Waals surface area (Å²) >= 11 is 0. The highest BCUT2D eigenvalue weighted by molar-refractivity contribution is 6.61. The van der Waals surface area contributed by atoms with E-state index in [-0.39, 0.29) is 0 Å². The third-order valence-electron chi connectivity index (χ3n) is 4.52. The average Bonchev–Trinajstić information content (AvgIpc) is 2.75. The van der Waals surface area contributed by atoms with Crippen molar-refractivity contribution in [2.24, 2.45) is 0 Å². The van der Waals surface area contributed by atoms with Gasteiger partial charge in [-0.2, -0.15) is 0 Å². The lowest BCUT2D eigenvalue weighted by atomic mass is 9.84. The van der Waals surface area contributed by atoms with Gasteiger partial charge in [0.1, 0.15) is 5.75 Å². The molecule has 1 aromatic carbocycles. The topological polar surface area (TPSA) is 53.5 Å². The number of rotatable bonds is 3. The zero-order valence-corrected chi connectivity index (χ0v) is 14.2. The maximum Gasteiger partial charge on any atom is 0.514 e. The number of para-hydroxylation sites is 1. The van der Waals surface area contributed by atoms with E-state index in [2.05, 4.69) is 9.97 Å². The minimum atomic E-state index is -0.503. The number of hydrogen-bond donors (Lipinski definition) is 0. The summed E-state index contributed by atoms with van der Waals surface area (Å²) in [5, 5.41) is 0. The smallest absolute Gasteiger partial charge is 0.496 e. The molecule has 1 fully saturated rings. The van der Waals surface area contributed by atoms with Crippen LogP contribution in [0, 0.1) is 0 Å².